The van der Waals surface area contributed by atoms with E-state index in [1.54, 1.807) is 11.3 Å². The number of halogens is 2. The third-order valence-electron chi connectivity index (χ3n) is 4.89. The van der Waals surface area contributed by atoms with Crippen LogP contribution in [0.1, 0.15) is 57.2 Å². The topological polar surface area (TPSA) is 17.3 Å². The second-order valence-electron chi connectivity index (χ2n) is 6.50. The molecule has 0 aliphatic heterocycles. The first-order chi connectivity index (χ1) is 11.6. The standard InChI is InChI=1S/C19H24Cl2N2S/c1-3-10-22-18-23(11-4-2)17(13-24-18)19(8-5-9-19)14-6-7-15(20)16(21)12-14/h6-7,12-13H,3-5,8-11H2,1-2H3/b22-18-. The van der Waals surface area contributed by atoms with Crippen LogP contribution >= 0.6 is 34.5 Å². The zero-order valence-corrected chi connectivity index (χ0v) is 16.6. The van der Waals surface area contributed by atoms with Crippen molar-refractivity contribution in [3.05, 3.63) is 49.7 Å². The average Bonchev–Trinajstić information content (AvgIpc) is 2.91. The number of aromatic nitrogens is 1. The van der Waals surface area contributed by atoms with Gasteiger partial charge in [0.25, 0.3) is 0 Å². The first kappa shape index (κ1) is 18.0. The highest BCUT2D eigenvalue weighted by atomic mass is 35.5. The van der Waals surface area contributed by atoms with Crippen molar-refractivity contribution in [2.75, 3.05) is 6.54 Å². The molecule has 0 saturated heterocycles. The monoisotopic (exact) mass is 382 g/mol. The zero-order valence-electron chi connectivity index (χ0n) is 14.3. The Kier molecular flexibility index (Phi) is 5.74. The maximum absolute atomic E-state index is 6.31. The number of thiazole rings is 1. The lowest BCUT2D eigenvalue weighted by Gasteiger charge is -2.43. The molecule has 0 unspecified atom stereocenters. The second kappa shape index (κ2) is 7.63. The maximum Gasteiger partial charge on any atom is 0.184 e. The quantitative estimate of drug-likeness (QED) is 0.578. The summed E-state index contributed by atoms with van der Waals surface area (Å²) >= 11 is 14.2. The van der Waals surface area contributed by atoms with Gasteiger partial charge in [-0.05, 0) is 43.4 Å². The van der Waals surface area contributed by atoms with Crippen LogP contribution < -0.4 is 4.80 Å². The van der Waals surface area contributed by atoms with Gasteiger partial charge in [0, 0.05) is 29.6 Å². The lowest BCUT2D eigenvalue weighted by atomic mass is 9.62. The summed E-state index contributed by atoms with van der Waals surface area (Å²) in [6.45, 7) is 6.31. The molecule has 1 aromatic heterocycles. The van der Waals surface area contributed by atoms with Crippen molar-refractivity contribution >= 4 is 34.5 Å². The van der Waals surface area contributed by atoms with Crippen molar-refractivity contribution in [3.8, 4) is 0 Å². The van der Waals surface area contributed by atoms with E-state index in [0.29, 0.717) is 10.0 Å². The van der Waals surface area contributed by atoms with E-state index in [9.17, 15) is 0 Å². The first-order valence-electron chi connectivity index (χ1n) is 8.77. The SMILES string of the molecule is CCC/N=c1\scc(C2(c3ccc(Cl)c(Cl)c3)CCC2)n1CCC. The van der Waals surface area contributed by atoms with Crippen LogP contribution in [0.5, 0.6) is 0 Å². The molecule has 1 saturated carbocycles. The van der Waals surface area contributed by atoms with Crippen LogP contribution in [0.15, 0.2) is 28.6 Å². The van der Waals surface area contributed by atoms with E-state index in [1.165, 1.54) is 30.5 Å². The minimum atomic E-state index is 0.0693. The third kappa shape index (κ3) is 3.18. The van der Waals surface area contributed by atoms with Gasteiger partial charge in [0.1, 0.15) is 0 Å². The van der Waals surface area contributed by atoms with Crippen molar-refractivity contribution in [2.24, 2.45) is 4.99 Å². The molecular formula is C19H24Cl2N2S. The van der Waals surface area contributed by atoms with Gasteiger partial charge in [0.15, 0.2) is 4.80 Å². The van der Waals surface area contributed by atoms with E-state index in [2.05, 4.69) is 35.9 Å². The lowest BCUT2D eigenvalue weighted by molar-refractivity contribution is 0.282. The van der Waals surface area contributed by atoms with Crippen LogP contribution in [0.25, 0.3) is 0 Å². The van der Waals surface area contributed by atoms with E-state index in [-0.39, 0.29) is 5.41 Å². The van der Waals surface area contributed by atoms with Gasteiger partial charge < -0.3 is 4.57 Å². The normalized spacial score (nSPS) is 17.1. The lowest BCUT2D eigenvalue weighted by Crippen LogP contribution is -2.39. The summed E-state index contributed by atoms with van der Waals surface area (Å²) in [7, 11) is 0. The number of nitrogens with zero attached hydrogens (tertiary/aromatic N) is 2. The molecule has 1 aromatic carbocycles. The maximum atomic E-state index is 6.31. The van der Waals surface area contributed by atoms with Crippen LogP contribution in [0.4, 0.5) is 0 Å². The molecule has 5 heteroatoms. The van der Waals surface area contributed by atoms with E-state index in [1.807, 2.05) is 6.07 Å². The Balaban J connectivity index is 2.10. The van der Waals surface area contributed by atoms with Crippen LogP contribution in [-0.2, 0) is 12.0 Å². The van der Waals surface area contributed by atoms with Gasteiger partial charge in [-0.25, -0.2) is 0 Å². The summed E-state index contributed by atoms with van der Waals surface area (Å²) in [5.74, 6) is 0. The molecule has 130 valence electrons. The molecule has 1 aliphatic rings. The fourth-order valence-electron chi connectivity index (χ4n) is 3.50. The van der Waals surface area contributed by atoms with Gasteiger partial charge in [-0.3, -0.25) is 4.99 Å². The summed E-state index contributed by atoms with van der Waals surface area (Å²) in [6.07, 6.45) is 5.78. The zero-order chi connectivity index (χ0) is 17.2. The molecule has 0 amide bonds. The van der Waals surface area contributed by atoms with Gasteiger partial charge in [-0.1, -0.05) is 49.5 Å². The summed E-state index contributed by atoms with van der Waals surface area (Å²) in [4.78, 5) is 5.95. The minimum Gasteiger partial charge on any atom is -0.320 e. The average molecular weight is 383 g/mol. The fourth-order valence-corrected chi connectivity index (χ4v) is 4.85. The van der Waals surface area contributed by atoms with Gasteiger partial charge >= 0.3 is 0 Å². The molecule has 0 radical (unpaired) electrons. The van der Waals surface area contributed by atoms with Crippen molar-refractivity contribution in [3.63, 3.8) is 0 Å². The second-order valence-corrected chi connectivity index (χ2v) is 8.15. The van der Waals surface area contributed by atoms with Crippen molar-refractivity contribution in [1.82, 2.24) is 4.57 Å². The predicted molar refractivity (Wildman–Crippen MR) is 104 cm³/mol. The highest BCUT2D eigenvalue weighted by molar-refractivity contribution is 7.07. The fraction of sp³-hybridized carbons (Fsp3) is 0.526. The molecule has 1 fully saturated rings. The van der Waals surface area contributed by atoms with Gasteiger partial charge in [-0.15, -0.1) is 11.3 Å². The Morgan fingerprint density at radius 2 is 1.96 bits per heavy atom. The van der Waals surface area contributed by atoms with Gasteiger partial charge in [0.2, 0.25) is 0 Å². The molecule has 1 aliphatic carbocycles. The molecule has 0 atom stereocenters. The largest absolute Gasteiger partial charge is 0.320 e. The molecule has 1 heterocycles. The Hall–Kier alpha value is -0.770. The van der Waals surface area contributed by atoms with E-state index in [0.717, 1.165) is 30.7 Å². The van der Waals surface area contributed by atoms with E-state index in [4.69, 9.17) is 28.2 Å². The van der Waals surface area contributed by atoms with Crippen LogP contribution in [0, 0.1) is 0 Å². The van der Waals surface area contributed by atoms with E-state index < -0.39 is 0 Å². The van der Waals surface area contributed by atoms with E-state index >= 15 is 0 Å². The molecule has 2 aromatic rings. The van der Waals surface area contributed by atoms with Crippen molar-refractivity contribution in [1.29, 1.82) is 0 Å². The smallest absolute Gasteiger partial charge is 0.184 e. The third-order valence-corrected chi connectivity index (χ3v) is 6.53. The Morgan fingerprint density at radius 3 is 2.54 bits per heavy atom. The predicted octanol–water partition coefficient (Wildman–Crippen LogP) is 6.05. The van der Waals surface area contributed by atoms with Crippen LogP contribution in [0.3, 0.4) is 0 Å². The van der Waals surface area contributed by atoms with Crippen molar-refractivity contribution < 1.29 is 0 Å². The Bertz CT molecular complexity index is 772. The summed E-state index contributed by atoms with van der Waals surface area (Å²) in [5.41, 5.74) is 2.75. The Labute approximate surface area is 158 Å². The number of rotatable bonds is 6. The molecule has 0 N–H and O–H groups in total. The molecule has 24 heavy (non-hydrogen) atoms. The summed E-state index contributed by atoms with van der Waals surface area (Å²) in [6, 6.07) is 6.13. The van der Waals surface area contributed by atoms with Crippen LogP contribution in [0.2, 0.25) is 10.0 Å². The highest BCUT2D eigenvalue weighted by Gasteiger charge is 2.43. The van der Waals surface area contributed by atoms with Crippen LogP contribution in [-0.4, -0.2) is 11.1 Å². The first-order valence-corrected chi connectivity index (χ1v) is 10.4. The van der Waals surface area contributed by atoms with Crippen molar-refractivity contribution in [2.45, 2.75) is 57.9 Å². The Morgan fingerprint density at radius 1 is 1.17 bits per heavy atom. The number of benzene rings is 1. The molecule has 0 bridgehead atoms. The summed E-state index contributed by atoms with van der Waals surface area (Å²) in [5, 5.41) is 3.58. The van der Waals surface area contributed by atoms with Gasteiger partial charge in [-0.2, -0.15) is 0 Å². The highest BCUT2D eigenvalue weighted by Crippen LogP contribution is 2.50. The minimum absolute atomic E-state index is 0.0693. The molecule has 2 nitrogen and oxygen atoms in total. The number of hydrogen-bond donors (Lipinski definition) is 0. The molecule has 0 spiro atoms. The van der Waals surface area contributed by atoms with Gasteiger partial charge in [0.05, 0.1) is 10.0 Å². The molecular weight excluding hydrogens is 359 g/mol. The summed E-state index contributed by atoms with van der Waals surface area (Å²) < 4.78 is 2.43. The number of hydrogen-bond acceptors (Lipinski definition) is 2. The molecule has 3 rings (SSSR count).